The number of alkyl carbamates (subject to hydrolysis) is 1. The summed E-state index contributed by atoms with van der Waals surface area (Å²) in [5, 5.41) is 12.1. The lowest BCUT2D eigenvalue weighted by Crippen LogP contribution is -2.42. The average molecular weight is 427 g/mol. The Bertz CT molecular complexity index is 1270. The Morgan fingerprint density at radius 2 is 1.72 bits per heavy atom. The summed E-state index contributed by atoms with van der Waals surface area (Å²) in [5.74, 6) is -1.21. The standard InChI is InChI=1S/C25H21N3O4/c29-24(30)23(12-15-9-10-21-22(11-15)27-14-26-21)28-25(31)32-13-20-18-7-3-1-5-16(18)17-6-2-4-8-19(17)20/h1-11,14,20,23H,12-13H2,(H,26,27)(H,28,31)(H,29,30)/t23-/m0/s1. The molecule has 4 aromatic rings. The van der Waals surface area contributed by atoms with Gasteiger partial charge in [-0.25, -0.2) is 14.6 Å². The zero-order valence-corrected chi connectivity index (χ0v) is 17.1. The van der Waals surface area contributed by atoms with Crippen molar-refractivity contribution in [2.24, 2.45) is 0 Å². The number of rotatable bonds is 6. The minimum Gasteiger partial charge on any atom is -0.480 e. The molecule has 1 heterocycles. The van der Waals surface area contributed by atoms with Gasteiger partial charge < -0.3 is 20.1 Å². The van der Waals surface area contributed by atoms with Crippen molar-refractivity contribution < 1.29 is 19.4 Å². The molecule has 7 nitrogen and oxygen atoms in total. The second kappa shape index (κ2) is 8.19. The summed E-state index contributed by atoms with van der Waals surface area (Å²) in [4.78, 5) is 31.4. The van der Waals surface area contributed by atoms with Crippen LogP contribution in [-0.2, 0) is 16.0 Å². The minimum atomic E-state index is -1.12. The predicted molar refractivity (Wildman–Crippen MR) is 119 cm³/mol. The molecule has 32 heavy (non-hydrogen) atoms. The van der Waals surface area contributed by atoms with Crippen molar-refractivity contribution >= 4 is 23.1 Å². The maximum absolute atomic E-state index is 12.5. The number of hydrogen-bond donors (Lipinski definition) is 3. The number of nitrogens with one attached hydrogen (secondary N) is 2. The molecule has 1 amide bonds. The summed E-state index contributed by atoms with van der Waals surface area (Å²) in [6.07, 6.45) is 0.967. The van der Waals surface area contributed by atoms with E-state index in [9.17, 15) is 14.7 Å². The molecule has 5 rings (SSSR count). The summed E-state index contributed by atoms with van der Waals surface area (Å²) in [6.45, 7) is 0.131. The second-order valence-electron chi connectivity index (χ2n) is 7.82. The van der Waals surface area contributed by atoms with Crippen LogP contribution in [-0.4, -0.2) is 39.8 Å². The van der Waals surface area contributed by atoms with Crippen LogP contribution >= 0.6 is 0 Å². The highest BCUT2D eigenvalue weighted by Crippen LogP contribution is 2.44. The molecule has 0 saturated carbocycles. The smallest absolute Gasteiger partial charge is 0.407 e. The van der Waals surface area contributed by atoms with Gasteiger partial charge in [-0.15, -0.1) is 0 Å². The number of aliphatic carboxylic acids is 1. The van der Waals surface area contributed by atoms with E-state index >= 15 is 0 Å². The monoisotopic (exact) mass is 427 g/mol. The molecular weight excluding hydrogens is 406 g/mol. The van der Waals surface area contributed by atoms with Gasteiger partial charge in [-0.1, -0.05) is 54.6 Å². The van der Waals surface area contributed by atoms with Crippen molar-refractivity contribution in [2.75, 3.05) is 6.61 Å². The van der Waals surface area contributed by atoms with Crippen LogP contribution in [0.15, 0.2) is 73.1 Å². The van der Waals surface area contributed by atoms with Gasteiger partial charge in [-0.05, 0) is 39.9 Å². The van der Waals surface area contributed by atoms with Gasteiger partial charge in [0.1, 0.15) is 12.6 Å². The molecule has 3 N–H and O–H groups in total. The number of nitrogens with zero attached hydrogens (tertiary/aromatic N) is 1. The molecule has 1 aliphatic rings. The third kappa shape index (κ3) is 3.69. The summed E-state index contributed by atoms with van der Waals surface area (Å²) in [6, 6.07) is 20.4. The highest BCUT2D eigenvalue weighted by atomic mass is 16.5. The van der Waals surface area contributed by atoms with Gasteiger partial charge in [-0.2, -0.15) is 0 Å². The predicted octanol–water partition coefficient (Wildman–Crippen LogP) is 4.10. The fraction of sp³-hybridized carbons (Fsp3) is 0.160. The van der Waals surface area contributed by atoms with E-state index in [-0.39, 0.29) is 18.9 Å². The lowest BCUT2D eigenvalue weighted by molar-refractivity contribution is -0.139. The Balaban J connectivity index is 1.27. The van der Waals surface area contributed by atoms with E-state index in [1.165, 1.54) is 0 Å². The number of imidazole rings is 1. The molecule has 0 saturated heterocycles. The van der Waals surface area contributed by atoms with Crippen LogP contribution in [0, 0.1) is 0 Å². The van der Waals surface area contributed by atoms with Crippen molar-refractivity contribution in [3.05, 3.63) is 89.7 Å². The summed E-state index contributed by atoms with van der Waals surface area (Å²) in [7, 11) is 0. The normalized spacial score (nSPS) is 13.4. The number of hydrogen-bond acceptors (Lipinski definition) is 4. The fourth-order valence-electron chi connectivity index (χ4n) is 4.33. The summed E-state index contributed by atoms with van der Waals surface area (Å²) in [5.41, 5.74) is 6.85. The van der Waals surface area contributed by atoms with Crippen molar-refractivity contribution in [3.63, 3.8) is 0 Å². The molecular formula is C25H21N3O4. The Kier molecular flexibility index (Phi) is 5.07. The van der Waals surface area contributed by atoms with E-state index in [0.29, 0.717) is 0 Å². The van der Waals surface area contributed by atoms with E-state index in [4.69, 9.17) is 4.74 Å². The third-order valence-electron chi connectivity index (χ3n) is 5.86. The number of H-pyrrole nitrogens is 1. The van der Waals surface area contributed by atoms with Gasteiger partial charge in [0.2, 0.25) is 0 Å². The lowest BCUT2D eigenvalue weighted by Gasteiger charge is -2.17. The maximum Gasteiger partial charge on any atom is 0.407 e. The van der Waals surface area contributed by atoms with Crippen LogP contribution in [0.2, 0.25) is 0 Å². The topological polar surface area (TPSA) is 104 Å². The number of fused-ring (bicyclic) bond motifs is 4. The Labute approximate surface area is 184 Å². The molecule has 0 bridgehead atoms. The first kappa shape index (κ1) is 19.8. The number of benzene rings is 3. The molecule has 0 spiro atoms. The van der Waals surface area contributed by atoms with Gasteiger partial charge in [0.25, 0.3) is 0 Å². The van der Waals surface area contributed by atoms with Crippen LogP contribution in [0.25, 0.3) is 22.2 Å². The second-order valence-corrected chi connectivity index (χ2v) is 7.82. The third-order valence-corrected chi connectivity index (χ3v) is 5.86. The SMILES string of the molecule is O=C(N[C@@H](Cc1ccc2nc[nH]c2c1)C(=O)O)OCC1c2ccccc2-c2ccccc21. The molecule has 0 unspecified atom stereocenters. The number of ether oxygens (including phenoxy) is 1. The van der Waals surface area contributed by atoms with E-state index in [0.717, 1.165) is 38.9 Å². The van der Waals surface area contributed by atoms with Gasteiger partial charge >= 0.3 is 12.1 Å². The first-order valence-electron chi connectivity index (χ1n) is 10.4. The zero-order chi connectivity index (χ0) is 22.1. The van der Waals surface area contributed by atoms with E-state index in [2.05, 4.69) is 27.4 Å². The quantitative estimate of drug-likeness (QED) is 0.430. The summed E-state index contributed by atoms with van der Waals surface area (Å²) < 4.78 is 5.49. The molecule has 7 heteroatoms. The average Bonchev–Trinajstić information content (AvgIpc) is 3.39. The van der Waals surface area contributed by atoms with Crippen LogP contribution in [0.5, 0.6) is 0 Å². The first-order chi connectivity index (χ1) is 15.6. The first-order valence-corrected chi connectivity index (χ1v) is 10.4. The van der Waals surface area contributed by atoms with E-state index < -0.39 is 18.1 Å². The Morgan fingerprint density at radius 1 is 1.03 bits per heavy atom. The number of aromatic nitrogens is 2. The van der Waals surface area contributed by atoms with Crippen molar-refractivity contribution in [3.8, 4) is 11.1 Å². The van der Waals surface area contributed by atoms with Crippen LogP contribution in [0.3, 0.4) is 0 Å². The molecule has 0 radical (unpaired) electrons. The molecule has 1 aliphatic carbocycles. The number of carbonyl (C=O) groups excluding carboxylic acids is 1. The molecule has 0 fully saturated rings. The lowest BCUT2D eigenvalue weighted by atomic mass is 9.98. The van der Waals surface area contributed by atoms with Gasteiger partial charge in [0.05, 0.1) is 17.4 Å². The number of aromatic amines is 1. The molecule has 160 valence electrons. The molecule has 1 atom stereocenters. The zero-order valence-electron chi connectivity index (χ0n) is 17.1. The molecule has 1 aromatic heterocycles. The summed E-state index contributed by atoms with van der Waals surface area (Å²) >= 11 is 0. The van der Waals surface area contributed by atoms with Crippen LogP contribution in [0.1, 0.15) is 22.6 Å². The number of carboxylic acid groups (broad SMARTS) is 1. The van der Waals surface area contributed by atoms with Crippen molar-refractivity contribution in [1.82, 2.24) is 15.3 Å². The van der Waals surface area contributed by atoms with Crippen molar-refractivity contribution in [1.29, 1.82) is 0 Å². The van der Waals surface area contributed by atoms with E-state index in [1.807, 2.05) is 48.5 Å². The maximum atomic E-state index is 12.5. The van der Waals surface area contributed by atoms with Gasteiger partial charge in [0.15, 0.2) is 0 Å². The van der Waals surface area contributed by atoms with Crippen LogP contribution < -0.4 is 5.32 Å². The Hall–Kier alpha value is -4.13. The molecule has 3 aromatic carbocycles. The number of carbonyl (C=O) groups is 2. The van der Waals surface area contributed by atoms with Gasteiger partial charge in [0, 0.05) is 12.3 Å². The van der Waals surface area contributed by atoms with E-state index in [1.54, 1.807) is 12.4 Å². The van der Waals surface area contributed by atoms with Crippen molar-refractivity contribution in [2.45, 2.75) is 18.4 Å². The van der Waals surface area contributed by atoms with Crippen LogP contribution in [0.4, 0.5) is 4.79 Å². The highest BCUT2D eigenvalue weighted by Gasteiger charge is 2.29. The Morgan fingerprint density at radius 3 is 2.41 bits per heavy atom. The fourth-order valence-corrected chi connectivity index (χ4v) is 4.33. The minimum absolute atomic E-state index is 0.0841. The highest BCUT2D eigenvalue weighted by molar-refractivity contribution is 5.82. The van der Waals surface area contributed by atoms with Gasteiger partial charge in [-0.3, -0.25) is 0 Å². The number of carboxylic acids is 1. The largest absolute Gasteiger partial charge is 0.480 e. The molecule has 0 aliphatic heterocycles. The number of amides is 1.